The quantitative estimate of drug-likeness (QED) is 0.182. The van der Waals surface area contributed by atoms with Gasteiger partial charge in [0.15, 0.2) is 0 Å². The van der Waals surface area contributed by atoms with Gasteiger partial charge in [0.2, 0.25) is 5.91 Å². The topological polar surface area (TPSA) is 182 Å². The Morgan fingerprint density at radius 2 is 1.62 bits per heavy atom. The second-order valence-electron chi connectivity index (χ2n) is 12.6. The summed E-state index contributed by atoms with van der Waals surface area (Å²) < 4.78 is 37.4. The maximum atomic E-state index is 14.0. The summed E-state index contributed by atoms with van der Waals surface area (Å²) in [6.45, 7) is 5.63. The van der Waals surface area contributed by atoms with E-state index in [2.05, 4.69) is 12.4 Å². The highest BCUT2D eigenvalue weighted by Gasteiger charge is 2.41. The number of anilines is 1. The molecule has 0 bridgehead atoms. The van der Waals surface area contributed by atoms with E-state index in [1.54, 1.807) is 67.3 Å². The molecule has 0 spiro atoms. The van der Waals surface area contributed by atoms with Crippen molar-refractivity contribution in [2.45, 2.75) is 64.0 Å². The lowest BCUT2D eigenvalue weighted by atomic mass is 9.96. The molecule has 0 saturated carbocycles. The number of alkyl halides is 3. The first-order chi connectivity index (χ1) is 23.4. The number of halogens is 3. The van der Waals surface area contributed by atoms with Gasteiger partial charge in [-0.3, -0.25) is 4.79 Å². The summed E-state index contributed by atoms with van der Waals surface area (Å²) >= 11 is 0. The van der Waals surface area contributed by atoms with Crippen molar-refractivity contribution in [2.24, 2.45) is 5.73 Å². The van der Waals surface area contributed by atoms with Crippen molar-refractivity contribution >= 4 is 29.6 Å². The average molecular weight is 703 g/mol. The number of phenols is 2. The van der Waals surface area contributed by atoms with Gasteiger partial charge in [0, 0.05) is 17.7 Å². The van der Waals surface area contributed by atoms with E-state index in [1.807, 2.05) is 12.1 Å². The van der Waals surface area contributed by atoms with E-state index >= 15 is 0 Å². The molecule has 1 aliphatic heterocycles. The van der Waals surface area contributed by atoms with Gasteiger partial charge in [0.25, 0.3) is 0 Å². The molecule has 15 heteroatoms. The summed E-state index contributed by atoms with van der Waals surface area (Å²) in [7, 11) is 2.11. The van der Waals surface area contributed by atoms with Crippen molar-refractivity contribution < 1.29 is 56.9 Å². The summed E-state index contributed by atoms with van der Waals surface area (Å²) in [6.07, 6.45) is -3.77. The number of carbonyl (C=O) groups excluding carboxylic acids is 4. The predicted octanol–water partition coefficient (Wildman–Crippen LogP) is 3.70. The first kappa shape index (κ1) is 39.1. The van der Waals surface area contributed by atoms with E-state index in [0.717, 1.165) is 24.1 Å². The zero-order valence-corrected chi connectivity index (χ0v) is 27.9. The molecule has 3 amide bonds. The minimum absolute atomic E-state index is 0.0991. The molecule has 1 aliphatic rings. The number of hydrogen-bond acceptors (Lipinski definition) is 8. The molecule has 0 aliphatic carbocycles. The minimum Gasteiger partial charge on any atom is -0.542 e. The van der Waals surface area contributed by atoms with E-state index in [-0.39, 0.29) is 30.1 Å². The number of likely N-dealkylation sites (N-methyl/N-ethyl adjacent to an activating group) is 1. The number of benzene rings is 3. The molecule has 3 aromatic carbocycles. The predicted molar refractivity (Wildman–Crippen MR) is 174 cm³/mol. The highest BCUT2D eigenvalue weighted by molar-refractivity contribution is 5.95. The van der Waals surface area contributed by atoms with Crippen LogP contribution in [-0.2, 0) is 27.3 Å². The van der Waals surface area contributed by atoms with Gasteiger partial charge >= 0.3 is 18.2 Å². The molecular formula is C35H41F3N4O8. The van der Waals surface area contributed by atoms with Gasteiger partial charge < -0.3 is 45.3 Å². The summed E-state index contributed by atoms with van der Waals surface area (Å²) in [5, 5.41) is 31.4. The Balaban J connectivity index is 0.000000872. The zero-order chi connectivity index (χ0) is 37.2. The Morgan fingerprint density at radius 3 is 2.16 bits per heavy atom. The van der Waals surface area contributed by atoms with Crippen LogP contribution in [0.1, 0.15) is 48.2 Å². The molecule has 3 aromatic rings. The van der Waals surface area contributed by atoms with Gasteiger partial charge in [-0.25, -0.2) is 9.59 Å². The molecule has 5 N–H and O–H groups in total. The lowest BCUT2D eigenvalue weighted by molar-refractivity contribution is -0.928. The number of aromatic hydroxyl groups is 2. The third-order valence-electron chi connectivity index (χ3n) is 7.97. The summed E-state index contributed by atoms with van der Waals surface area (Å²) in [4.78, 5) is 49.6. The highest BCUT2D eigenvalue weighted by atomic mass is 19.4. The van der Waals surface area contributed by atoms with E-state index in [1.165, 1.54) is 12.1 Å². The molecule has 0 aromatic heterocycles. The number of carboxylic acids is 1. The molecule has 50 heavy (non-hydrogen) atoms. The van der Waals surface area contributed by atoms with Crippen molar-refractivity contribution in [3.05, 3.63) is 89.5 Å². The van der Waals surface area contributed by atoms with Crippen molar-refractivity contribution in [1.82, 2.24) is 4.90 Å². The number of primary amides is 1. The molecule has 3 atom stereocenters. The number of likely N-dealkylation sites (tertiary alicyclic amines) is 1. The van der Waals surface area contributed by atoms with Crippen LogP contribution in [0.3, 0.4) is 0 Å². The van der Waals surface area contributed by atoms with Crippen molar-refractivity contribution in [2.75, 3.05) is 25.5 Å². The fourth-order valence-electron chi connectivity index (χ4n) is 5.78. The van der Waals surface area contributed by atoms with Crippen LogP contribution < -0.4 is 16.2 Å². The van der Waals surface area contributed by atoms with Crippen LogP contribution in [0.25, 0.3) is 0 Å². The third-order valence-corrected chi connectivity index (χ3v) is 7.97. The van der Waals surface area contributed by atoms with E-state index in [0.29, 0.717) is 35.2 Å². The van der Waals surface area contributed by atoms with Crippen molar-refractivity contribution in [1.29, 1.82) is 0 Å². The van der Waals surface area contributed by atoms with Gasteiger partial charge in [-0.2, -0.15) is 13.2 Å². The number of phenolic OH excluding ortho intramolecular Hbond substituents is 2. The van der Waals surface area contributed by atoms with Crippen LogP contribution >= 0.6 is 0 Å². The third kappa shape index (κ3) is 11.7. The second kappa shape index (κ2) is 16.9. The Hall–Kier alpha value is -5.31. The molecule has 12 nitrogen and oxygen atoms in total. The number of hydrogen-bond donors (Lipinski definition) is 4. The number of nitrogens with zero attached hydrogens (tertiary/aromatic N) is 2. The summed E-state index contributed by atoms with van der Waals surface area (Å²) in [6, 6.07) is 18.3. The number of carbonyl (C=O) groups is 4. The number of quaternary nitrogens is 1. The van der Waals surface area contributed by atoms with Gasteiger partial charge in [0.05, 0.1) is 37.8 Å². The first-order valence-corrected chi connectivity index (χ1v) is 15.7. The standard InChI is InChI=1S/C33H40N4O6.C2HF3O2/c1-22(2)43-32(41)25-11-13-26(14-12-25)35-33(42)36(30(31(34)40)19-23-9-15-28(38)16-10-23)27-7-5-17-37(3,21-27)20-24-6-4-8-29(39)18-24;3-2(4,5)1(6)7/h4,6,8-16,18,22,27,30H,5,7,17,19-21H2,1-3H3,(H4-,34,35,38,39,40,41,42);(H,6,7)/t27-,30-,37?;/m0./s1. The lowest BCUT2D eigenvalue weighted by Crippen LogP contribution is -2.62. The number of ether oxygens (including phenoxy) is 1. The Bertz CT molecular complexity index is 1630. The smallest absolute Gasteiger partial charge is 0.430 e. The molecule has 1 fully saturated rings. The Labute approximate surface area is 287 Å². The Morgan fingerprint density at radius 1 is 1.00 bits per heavy atom. The molecule has 1 unspecified atom stereocenters. The first-order valence-electron chi connectivity index (χ1n) is 15.7. The zero-order valence-electron chi connectivity index (χ0n) is 27.9. The number of esters is 1. The maximum absolute atomic E-state index is 14.0. The number of nitrogens with two attached hydrogens (primary N) is 1. The van der Waals surface area contributed by atoms with Crippen molar-refractivity contribution in [3.63, 3.8) is 0 Å². The number of aliphatic carboxylic acids is 1. The van der Waals surface area contributed by atoms with Crippen LogP contribution in [0, 0.1) is 0 Å². The molecule has 0 radical (unpaired) electrons. The van der Waals surface area contributed by atoms with Gasteiger partial charge in [-0.15, -0.1) is 0 Å². The van der Waals surface area contributed by atoms with Gasteiger partial charge in [-0.05, 0) is 80.8 Å². The monoisotopic (exact) mass is 702 g/mol. The fourth-order valence-corrected chi connectivity index (χ4v) is 5.78. The van der Waals surface area contributed by atoms with Crippen LogP contribution in [-0.4, -0.2) is 88.0 Å². The Kier molecular flexibility index (Phi) is 13.2. The number of urea groups is 1. The normalized spacial score (nSPS) is 17.9. The molecule has 4 rings (SSSR count). The number of rotatable bonds is 10. The number of carboxylic acid groups (broad SMARTS) is 1. The van der Waals surface area contributed by atoms with Crippen LogP contribution in [0.15, 0.2) is 72.8 Å². The second-order valence-corrected chi connectivity index (χ2v) is 12.6. The highest BCUT2D eigenvalue weighted by Crippen LogP contribution is 2.28. The van der Waals surface area contributed by atoms with Gasteiger partial charge in [-0.1, -0.05) is 24.3 Å². The lowest BCUT2D eigenvalue weighted by Gasteiger charge is -2.46. The number of amides is 3. The van der Waals surface area contributed by atoms with E-state index < -0.39 is 36.1 Å². The van der Waals surface area contributed by atoms with Gasteiger partial charge in [0.1, 0.15) is 30.1 Å². The van der Waals surface area contributed by atoms with Crippen LogP contribution in [0.4, 0.5) is 23.7 Å². The largest absolute Gasteiger partial charge is 0.542 e. The van der Waals surface area contributed by atoms with E-state index in [9.17, 15) is 37.8 Å². The maximum Gasteiger partial charge on any atom is 0.430 e. The minimum atomic E-state index is -5.19. The number of piperidine rings is 1. The summed E-state index contributed by atoms with van der Waals surface area (Å²) in [5.74, 6) is -3.80. The summed E-state index contributed by atoms with van der Waals surface area (Å²) in [5.41, 5.74) is 8.50. The fraction of sp³-hybridized carbons (Fsp3) is 0.371. The molecule has 1 heterocycles. The number of nitrogens with one attached hydrogen (secondary N) is 1. The van der Waals surface area contributed by atoms with Crippen molar-refractivity contribution in [3.8, 4) is 11.5 Å². The molecule has 270 valence electrons. The molecular weight excluding hydrogens is 661 g/mol. The molecule has 1 saturated heterocycles. The van der Waals surface area contributed by atoms with E-state index in [4.69, 9.17) is 20.4 Å². The SMILES string of the molecule is CC(C)OC(=O)c1ccc(NC(=O)N([C@H]2CCC[N+](C)(Cc3cccc(O)c3)C2)[C@@H](Cc2ccc(O)cc2)C(N)=O)cc1.O=C([O-])C(F)(F)F. The van der Waals surface area contributed by atoms with Crippen LogP contribution in [0.5, 0.6) is 11.5 Å². The van der Waals surface area contributed by atoms with Crippen LogP contribution in [0.2, 0.25) is 0 Å². The average Bonchev–Trinajstić information content (AvgIpc) is 3.01.